The van der Waals surface area contributed by atoms with Gasteiger partial charge in [-0.1, -0.05) is 13.8 Å². The van der Waals surface area contributed by atoms with Gasteiger partial charge in [-0.05, 0) is 39.2 Å². The fourth-order valence-corrected chi connectivity index (χ4v) is 3.19. The predicted molar refractivity (Wildman–Crippen MR) is 95.8 cm³/mol. The second-order valence-electron chi connectivity index (χ2n) is 7.47. The highest BCUT2D eigenvalue weighted by Gasteiger charge is 2.48. The van der Waals surface area contributed by atoms with Crippen LogP contribution in [0.25, 0.3) is 0 Å². The third kappa shape index (κ3) is 4.12. The Hall–Kier alpha value is -2.64. The van der Waals surface area contributed by atoms with E-state index in [1.54, 1.807) is 6.92 Å². The monoisotopic (exact) mass is 363 g/mol. The minimum absolute atomic E-state index is 0.0813. The van der Waals surface area contributed by atoms with Gasteiger partial charge in [0, 0.05) is 17.7 Å². The van der Waals surface area contributed by atoms with Gasteiger partial charge in [0.15, 0.2) is 0 Å². The molecule has 1 aliphatic heterocycles. The van der Waals surface area contributed by atoms with Crippen LogP contribution in [0.2, 0.25) is 0 Å². The molecule has 8 heteroatoms. The molecular weight excluding hydrogens is 338 g/mol. The summed E-state index contributed by atoms with van der Waals surface area (Å²) in [4.78, 5) is 36.8. The van der Waals surface area contributed by atoms with Crippen molar-refractivity contribution >= 4 is 17.6 Å². The van der Waals surface area contributed by atoms with E-state index in [1.165, 1.54) is 18.2 Å². The van der Waals surface area contributed by atoms with Gasteiger partial charge in [0.25, 0.3) is 11.6 Å². The van der Waals surface area contributed by atoms with Gasteiger partial charge in [-0.25, -0.2) is 4.79 Å². The smallest absolute Gasteiger partial charge is 0.325 e. The van der Waals surface area contributed by atoms with Crippen molar-refractivity contribution < 1.29 is 19.2 Å². The highest BCUT2D eigenvalue weighted by atomic mass is 16.6. The van der Waals surface area contributed by atoms with Crippen LogP contribution >= 0.6 is 0 Å². The number of nitrogens with zero attached hydrogens (tertiary/aromatic N) is 2. The number of hydrogen-bond acceptors (Lipinski definition) is 5. The SMILES string of the molecule is CC(C)CC1(C)NC(=O)N(Cc2cc([N+](=O)[O-])ccc2OC(C)C)C1=O. The molecule has 3 amide bonds. The maximum absolute atomic E-state index is 12.8. The lowest BCUT2D eigenvalue weighted by Gasteiger charge is -2.24. The quantitative estimate of drug-likeness (QED) is 0.455. The first-order valence-electron chi connectivity index (χ1n) is 8.61. The maximum atomic E-state index is 12.8. The summed E-state index contributed by atoms with van der Waals surface area (Å²) in [5, 5.41) is 13.8. The Morgan fingerprint density at radius 2 is 1.92 bits per heavy atom. The number of amides is 3. The molecule has 0 radical (unpaired) electrons. The molecule has 2 rings (SSSR count). The van der Waals surface area contributed by atoms with Gasteiger partial charge in [0.05, 0.1) is 17.6 Å². The van der Waals surface area contributed by atoms with Crippen LogP contribution in [0.15, 0.2) is 18.2 Å². The third-order valence-electron chi connectivity index (χ3n) is 4.11. The zero-order valence-corrected chi connectivity index (χ0v) is 15.7. The Morgan fingerprint density at radius 3 is 2.46 bits per heavy atom. The largest absolute Gasteiger partial charge is 0.491 e. The molecule has 1 aromatic rings. The van der Waals surface area contributed by atoms with Crippen LogP contribution in [0.1, 0.15) is 46.6 Å². The number of non-ortho nitro benzene ring substituents is 1. The van der Waals surface area contributed by atoms with E-state index in [4.69, 9.17) is 4.74 Å². The third-order valence-corrected chi connectivity index (χ3v) is 4.11. The minimum atomic E-state index is -0.967. The van der Waals surface area contributed by atoms with Crippen molar-refractivity contribution in [1.82, 2.24) is 10.2 Å². The number of benzene rings is 1. The van der Waals surface area contributed by atoms with Crippen LogP contribution in [0.5, 0.6) is 5.75 Å². The highest BCUT2D eigenvalue weighted by molar-refractivity contribution is 6.06. The van der Waals surface area contributed by atoms with Crippen molar-refractivity contribution in [2.24, 2.45) is 5.92 Å². The van der Waals surface area contributed by atoms with E-state index >= 15 is 0 Å². The Bertz CT molecular complexity index is 732. The average Bonchev–Trinajstić information content (AvgIpc) is 2.70. The standard InChI is InChI=1S/C18H25N3O5/c1-11(2)9-18(5)16(22)20(17(23)19-18)10-13-8-14(21(24)25)6-7-15(13)26-12(3)4/h6-8,11-12H,9-10H2,1-5H3,(H,19,23). The number of ether oxygens (including phenoxy) is 1. The molecule has 0 aromatic heterocycles. The maximum Gasteiger partial charge on any atom is 0.325 e. The minimum Gasteiger partial charge on any atom is -0.491 e. The number of nitro benzene ring substituents is 1. The second-order valence-corrected chi connectivity index (χ2v) is 7.47. The lowest BCUT2D eigenvalue weighted by Crippen LogP contribution is -2.44. The van der Waals surface area contributed by atoms with Gasteiger partial charge in [0.1, 0.15) is 11.3 Å². The summed E-state index contributed by atoms with van der Waals surface area (Å²) < 4.78 is 5.69. The van der Waals surface area contributed by atoms with Crippen LogP contribution < -0.4 is 10.1 Å². The topological polar surface area (TPSA) is 102 Å². The molecule has 0 saturated carbocycles. The average molecular weight is 363 g/mol. The Labute approximate surface area is 152 Å². The number of rotatable bonds is 7. The summed E-state index contributed by atoms with van der Waals surface area (Å²) in [6.07, 6.45) is 0.364. The molecule has 1 atom stereocenters. The van der Waals surface area contributed by atoms with E-state index in [2.05, 4.69) is 5.32 Å². The Morgan fingerprint density at radius 1 is 1.27 bits per heavy atom. The predicted octanol–water partition coefficient (Wildman–Crippen LogP) is 3.24. The Kier molecular flexibility index (Phi) is 5.53. The van der Waals surface area contributed by atoms with Gasteiger partial charge in [-0.2, -0.15) is 0 Å². The zero-order chi connectivity index (χ0) is 19.6. The van der Waals surface area contributed by atoms with E-state index in [-0.39, 0.29) is 30.2 Å². The molecule has 1 fully saturated rings. The first kappa shape index (κ1) is 19.7. The van der Waals surface area contributed by atoms with Crippen LogP contribution in [0.3, 0.4) is 0 Å². The van der Waals surface area contributed by atoms with Gasteiger partial charge in [0.2, 0.25) is 0 Å². The molecule has 142 valence electrons. The number of nitro groups is 1. The molecule has 0 aliphatic carbocycles. The van der Waals surface area contributed by atoms with Gasteiger partial charge >= 0.3 is 6.03 Å². The van der Waals surface area contributed by atoms with Crippen molar-refractivity contribution in [3.05, 3.63) is 33.9 Å². The zero-order valence-electron chi connectivity index (χ0n) is 15.7. The number of urea groups is 1. The summed E-state index contributed by atoms with van der Waals surface area (Å²) in [5.74, 6) is 0.309. The molecule has 1 unspecified atom stereocenters. The number of carbonyl (C=O) groups excluding carboxylic acids is 2. The fourth-order valence-electron chi connectivity index (χ4n) is 3.19. The summed E-state index contributed by atoms with van der Waals surface area (Å²) in [5.41, 5.74) is -0.663. The molecule has 26 heavy (non-hydrogen) atoms. The second kappa shape index (κ2) is 7.31. The van der Waals surface area contributed by atoms with E-state index in [1.807, 2.05) is 27.7 Å². The Balaban J connectivity index is 2.34. The highest BCUT2D eigenvalue weighted by Crippen LogP contribution is 2.30. The number of imide groups is 1. The summed E-state index contributed by atoms with van der Waals surface area (Å²) in [6.45, 7) is 9.23. The van der Waals surface area contributed by atoms with Crippen LogP contribution in [0, 0.1) is 16.0 Å². The van der Waals surface area contributed by atoms with Crippen LogP contribution in [-0.2, 0) is 11.3 Å². The van der Waals surface area contributed by atoms with Crippen LogP contribution in [-0.4, -0.2) is 33.4 Å². The van der Waals surface area contributed by atoms with Crippen molar-refractivity contribution in [1.29, 1.82) is 0 Å². The molecule has 1 aliphatic rings. The number of carbonyl (C=O) groups is 2. The lowest BCUT2D eigenvalue weighted by molar-refractivity contribution is -0.385. The van der Waals surface area contributed by atoms with E-state index in [9.17, 15) is 19.7 Å². The summed E-state index contributed by atoms with van der Waals surface area (Å²) >= 11 is 0. The molecule has 1 aromatic carbocycles. The van der Waals surface area contributed by atoms with E-state index in [0.717, 1.165) is 4.90 Å². The van der Waals surface area contributed by atoms with E-state index < -0.39 is 16.5 Å². The molecule has 1 heterocycles. The molecule has 0 bridgehead atoms. The van der Waals surface area contributed by atoms with Gasteiger partial charge in [-0.3, -0.25) is 19.8 Å². The van der Waals surface area contributed by atoms with Crippen molar-refractivity contribution in [3.8, 4) is 5.75 Å². The lowest BCUT2D eigenvalue weighted by atomic mass is 9.91. The fraction of sp³-hybridized carbons (Fsp3) is 0.556. The van der Waals surface area contributed by atoms with Crippen molar-refractivity contribution in [2.45, 2.75) is 59.2 Å². The van der Waals surface area contributed by atoms with Gasteiger partial charge in [-0.15, -0.1) is 0 Å². The van der Waals surface area contributed by atoms with E-state index in [0.29, 0.717) is 17.7 Å². The summed E-state index contributed by atoms with van der Waals surface area (Å²) in [7, 11) is 0. The van der Waals surface area contributed by atoms with Gasteiger partial charge < -0.3 is 10.1 Å². The molecule has 8 nitrogen and oxygen atoms in total. The van der Waals surface area contributed by atoms with Crippen molar-refractivity contribution in [2.75, 3.05) is 0 Å². The summed E-state index contributed by atoms with van der Waals surface area (Å²) in [6, 6.07) is 3.69. The molecule has 0 spiro atoms. The number of nitrogens with one attached hydrogen (secondary N) is 1. The van der Waals surface area contributed by atoms with Crippen molar-refractivity contribution in [3.63, 3.8) is 0 Å². The molecular formula is C18H25N3O5. The molecule has 1 saturated heterocycles. The van der Waals surface area contributed by atoms with Crippen LogP contribution in [0.4, 0.5) is 10.5 Å². The molecule has 1 N–H and O–H groups in total. The number of hydrogen-bond donors (Lipinski definition) is 1. The first-order chi connectivity index (χ1) is 12.0. The normalized spacial score (nSPS) is 20.0. The first-order valence-corrected chi connectivity index (χ1v) is 8.61.